The van der Waals surface area contributed by atoms with E-state index in [4.69, 9.17) is 14.2 Å². The largest absolute Gasteiger partial charge is 1.00 e. The molecule has 2 N–H and O–H groups in total. The summed E-state index contributed by atoms with van der Waals surface area (Å²) in [6.07, 6.45) is 2.98. The van der Waals surface area contributed by atoms with Gasteiger partial charge in [-0.1, -0.05) is 0 Å². The van der Waals surface area contributed by atoms with Gasteiger partial charge in [0.1, 0.15) is 23.0 Å². The summed E-state index contributed by atoms with van der Waals surface area (Å²) < 4.78 is 15.9. The Hall–Kier alpha value is -3.25. The van der Waals surface area contributed by atoms with Crippen molar-refractivity contribution in [2.75, 3.05) is 12.4 Å². The van der Waals surface area contributed by atoms with Gasteiger partial charge in [0.05, 0.1) is 7.11 Å². The lowest BCUT2D eigenvalue weighted by atomic mass is 10.3. The number of benzene rings is 2. The number of aromatic nitrogens is 1. The third-order valence-electron chi connectivity index (χ3n) is 3.29. The molecule has 3 aromatic rings. The molecule has 134 valence electrons. The summed E-state index contributed by atoms with van der Waals surface area (Å²) in [5.74, 6) is 2.51. The number of hydrogen-bond donors (Lipinski definition) is 1. The van der Waals surface area contributed by atoms with Crippen LogP contribution in [-0.2, 0) is 0 Å². The van der Waals surface area contributed by atoms with Gasteiger partial charge in [-0.15, -0.1) is 0 Å². The van der Waals surface area contributed by atoms with Crippen molar-refractivity contribution in [2.45, 2.75) is 0 Å². The number of carbonyl (C=O) groups excluding carboxylic acids is 1. The van der Waals surface area contributed by atoms with Crippen molar-refractivity contribution in [3.05, 3.63) is 73.1 Å². The molecule has 1 heterocycles. The fourth-order valence-electron chi connectivity index (χ4n) is 2.08. The zero-order valence-electron chi connectivity index (χ0n) is 13.9. The molecule has 0 saturated heterocycles. The Labute approximate surface area is 157 Å². The number of rotatable bonds is 5. The van der Waals surface area contributed by atoms with Crippen LogP contribution in [0.2, 0.25) is 0 Å². The van der Waals surface area contributed by atoms with E-state index in [0.29, 0.717) is 22.9 Å². The number of halogens is 1. The fourth-order valence-corrected chi connectivity index (χ4v) is 2.08. The highest BCUT2D eigenvalue weighted by Gasteiger charge is 2.06. The first kappa shape index (κ1) is 19.1. The van der Waals surface area contributed by atoms with Crippen molar-refractivity contribution in [1.82, 2.24) is 0 Å². The second kappa shape index (κ2) is 9.29. The van der Waals surface area contributed by atoms with Crippen LogP contribution < -0.4 is 36.9 Å². The van der Waals surface area contributed by atoms with Crippen LogP contribution in [0.15, 0.2) is 73.1 Å². The van der Waals surface area contributed by atoms with Crippen LogP contribution in [0.5, 0.6) is 23.0 Å². The zero-order valence-corrected chi connectivity index (χ0v) is 14.7. The first-order valence-electron chi connectivity index (χ1n) is 7.60. The fraction of sp³-hybridized carbons (Fsp3) is 0.0526. The minimum absolute atomic E-state index is 0. The standard InChI is InChI=1S/C19H16N2O4.ClH/c1-23-15-6-8-17(9-7-15)25-19(22)21-14-2-4-16(5-3-14)24-18-10-12-20-13-11-18;/h2-13H,1H3,(H,21,22);1H. The molecular formula is C19H17ClN2O4. The van der Waals surface area contributed by atoms with E-state index in [2.05, 4.69) is 10.3 Å². The highest BCUT2D eigenvalue weighted by atomic mass is 35.5. The van der Waals surface area contributed by atoms with Crippen molar-refractivity contribution in [3.63, 3.8) is 0 Å². The van der Waals surface area contributed by atoms with Gasteiger partial charge in [0.25, 0.3) is 0 Å². The molecule has 6 nitrogen and oxygen atoms in total. The van der Waals surface area contributed by atoms with E-state index in [0.717, 1.165) is 5.75 Å². The van der Waals surface area contributed by atoms with Gasteiger partial charge in [-0.05, 0) is 48.5 Å². The van der Waals surface area contributed by atoms with Crippen LogP contribution in [0.1, 0.15) is 0 Å². The molecule has 0 aliphatic rings. The number of pyridine rings is 1. The van der Waals surface area contributed by atoms with E-state index in [9.17, 15) is 4.79 Å². The van der Waals surface area contributed by atoms with Crippen LogP contribution >= 0.6 is 0 Å². The summed E-state index contributed by atoms with van der Waals surface area (Å²) in [6, 6.07) is 17.4. The molecule has 0 bridgehead atoms. The molecule has 0 atom stereocenters. The molecule has 0 unspecified atom stereocenters. The van der Waals surface area contributed by atoms with E-state index in [1.807, 2.05) is 12.1 Å². The minimum Gasteiger partial charge on any atom is -1.00 e. The average molecular weight is 373 g/mol. The Kier molecular flexibility index (Phi) is 6.82. The highest BCUT2D eigenvalue weighted by molar-refractivity contribution is 5.86. The molecule has 0 spiro atoms. The van der Waals surface area contributed by atoms with Crippen LogP contribution in [-0.4, -0.2) is 13.2 Å². The SMILES string of the molecule is COc1ccc(OC(=O)Nc2ccc(Oc3cc[nH+]cc3)cc2)cc1.[Cl-]. The van der Waals surface area contributed by atoms with E-state index >= 15 is 0 Å². The number of aromatic amines is 1. The number of carbonyl (C=O) groups is 1. The zero-order chi connectivity index (χ0) is 17.5. The van der Waals surface area contributed by atoms with Crippen molar-refractivity contribution in [2.24, 2.45) is 0 Å². The normalized spacial score (nSPS) is 9.58. The topological polar surface area (TPSA) is 70.9 Å². The van der Waals surface area contributed by atoms with Crippen molar-refractivity contribution < 1.29 is 36.4 Å². The molecule has 2 aromatic carbocycles. The molecule has 1 aromatic heterocycles. The molecule has 0 aliphatic heterocycles. The lowest BCUT2D eigenvalue weighted by Crippen LogP contribution is -3.00. The number of anilines is 1. The Bertz CT molecular complexity index is 824. The maximum Gasteiger partial charge on any atom is 0.417 e. The lowest BCUT2D eigenvalue weighted by Gasteiger charge is -2.08. The number of H-pyrrole nitrogens is 1. The number of methoxy groups -OCH3 is 1. The smallest absolute Gasteiger partial charge is 0.417 e. The summed E-state index contributed by atoms with van der Waals surface area (Å²) in [4.78, 5) is 14.8. The van der Waals surface area contributed by atoms with Gasteiger partial charge >= 0.3 is 6.09 Å². The molecule has 3 rings (SSSR count). The van der Waals surface area contributed by atoms with Crippen molar-refractivity contribution in [1.29, 1.82) is 0 Å². The lowest BCUT2D eigenvalue weighted by molar-refractivity contribution is -0.378. The maximum atomic E-state index is 11.9. The Morgan fingerprint density at radius 3 is 1.96 bits per heavy atom. The monoisotopic (exact) mass is 372 g/mol. The maximum absolute atomic E-state index is 11.9. The van der Waals surface area contributed by atoms with E-state index in [1.165, 1.54) is 0 Å². The quantitative estimate of drug-likeness (QED) is 0.723. The van der Waals surface area contributed by atoms with Crippen LogP contribution in [0.4, 0.5) is 10.5 Å². The molecule has 1 amide bonds. The second-order valence-corrected chi connectivity index (χ2v) is 5.05. The predicted molar refractivity (Wildman–Crippen MR) is 92.2 cm³/mol. The van der Waals surface area contributed by atoms with Gasteiger partial charge in [-0.2, -0.15) is 0 Å². The van der Waals surface area contributed by atoms with E-state index < -0.39 is 6.09 Å². The molecule has 0 fully saturated rings. The van der Waals surface area contributed by atoms with Crippen molar-refractivity contribution in [3.8, 4) is 23.0 Å². The van der Waals surface area contributed by atoms with Gasteiger partial charge in [-0.3, -0.25) is 5.32 Å². The Morgan fingerprint density at radius 1 is 0.808 bits per heavy atom. The highest BCUT2D eigenvalue weighted by Crippen LogP contribution is 2.22. The number of amides is 1. The summed E-state index contributed by atoms with van der Waals surface area (Å²) >= 11 is 0. The minimum atomic E-state index is -0.572. The first-order chi connectivity index (χ1) is 12.2. The number of ether oxygens (including phenoxy) is 3. The van der Waals surface area contributed by atoms with Crippen molar-refractivity contribution >= 4 is 11.8 Å². The van der Waals surface area contributed by atoms with Gasteiger partial charge in [0, 0.05) is 17.8 Å². The van der Waals surface area contributed by atoms with Gasteiger partial charge in [-0.25, -0.2) is 9.78 Å². The average Bonchev–Trinajstić information content (AvgIpc) is 2.65. The number of nitrogens with one attached hydrogen (secondary N) is 2. The van der Waals surface area contributed by atoms with E-state index in [-0.39, 0.29) is 12.4 Å². The third kappa shape index (κ3) is 5.39. The van der Waals surface area contributed by atoms with Gasteiger partial charge in [0.2, 0.25) is 0 Å². The summed E-state index contributed by atoms with van der Waals surface area (Å²) in [7, 11) is 1.58. The molecule has 26 heavy (non-hydrogen) atoms. The van der Waals surface area contributed by atoms with Gasteiger partial charge in [0.15, 0.2) is 12.4 Å². The predicted octanol–water partition coefficient (Wildman–Crippen LogP) is 0.916. The molecule has 0 aliphatic carbocycles. The summed E-state index contributed by atoms with van der Waals surface area (Å²) in [5, 5.41) is 2.66. The molecule has 7 heteroatoms. The van der Waals surface area contributed by atoms with Gasteiger partial charge < -0.3 is 26.6 Å². The Morgan fingerprint density at radius 2 is 1.35 bits per heavy atom. The second-order valence-electron chi connectivity index (χ2n) is 5.05. The Balaban J connectivity index is 0.00000243. The summed E-state index contributed by atoms with van der Waals surface area (Å²) in [5.41, 5.74) is 0.604. The van der Waals surface area contributed by atoms with Crippen LogP contribution in [0.3, 0.4) is 0 Å². The summed E-state index contributed by atoms with van der Waals surface area (Å²) in [6.45, 7) is 0. The van der Waals surface area contributed by atoms with E-state index in [1.54, 1.807) is 68.0 Å². The van der Waals surface area contributed by atoms with Crippen LogP contribution in [0, 0.1) is 0 Å². The molecule has 0 radical (unpaired) electrons. The van der Waals surface area contributed by atoms with Crippen LogP contribution in [0.25, 0.3) is 0 Å². The number of hydrogen-bond acceptors (Lipinski definition) is 4. The third-order valence-corrected chi connectivity index (χ3v) is 3.29. The molecular weight excluding hydrogens is 356 g/mol. The first-order valence-corrected chi connectivity index (χ1v) is 7.60. The molecule has 0 saturated carbocycles.